The zero-order valence-corrected chi connectivity index (χ0v) is 47.6. The molecule has 2 aromatic heterocycles. The van der Waals surface area contributed by atoms with Gasteiger partial charge in [0.25, 0.3) is 0 Å². The van der Waals surface area contributed by atoms with E-state index in [4.69, 9.17) is 44.0 Å². The van der Waals surface area contributed by atoms with E-state index in [0.29, 0.717) is 139 Å². The van der Waals surface area contributed by atoms with Crippen LogP contribution in [-0.2, 0) is 52.7 Å². The molecule has 0 bridgehead atoms. The number of hydrogen-bond acceptors (Lipinski definition) is 19. The number of aldehydes is 1. The second kappa shape index (κ2) is 35.7. The number of urea groups is 1. The second-order valence-corrected chi connectivity index (χ2v) is 20.5. The van der Waals surface area contributed by atoms with Crippen LogP contribution in [0.25, 0.3) is 0 Å². The number of carbonyl (C=O) groups is 4. The molecule has 432 valence electrons. The fraction of sp³-hybridized carbons (Fsp3) is 0.474. The van der Waals surface area contributed by atoms with Gasteiger partial charge in [-0.05, 0) is 112 Å². The number of aliphatic imine (C=N–C) groups is 1. The van der Waals surface area contributed by atoms with Crippen LogP contribution in [0, 0.1) is 6.92 Å². The maximum Gasteiger partial charge on any atom is 0.325 e. The van der Waals surface area contributed by atoms with Gasteiger partial charge in [-0.25, -0.2) is 14.8 Å². The van der Waals surface area contributed by atoms with Crippen molar-refractivity contribution >= 4 is 69.6 Å². The second-order valence-electron chi connectivity index (χ2n) is 18.6. The number of aromatic nitrogens is 2. The Bertz CT molecular complexity index is 2670. The molecule has 0 radical (unpaired) electrons. The van der Waals surface area contributed by atoms with E-state index < -0.39 is 12.1 Å². The van der Waals surface area contributed by atoms with Crippen LogP contribution in [0.5, 0.6) is 17.2 Å². The van der Waals surface area contributed by atoms with E-state index in [-0.39, 0.29) is 30.7 Å². The van der Waals surface area contributed by atoms with Crippen molar-refractivity contribution in [2.75, 3.05) is 110 Å². The van der Waals surface area contributed by atoms with E-state index in [1.165, 1.54) is 22.7 Å². The van der Waals surface area contributed by atoms with Crippen molar-refractivity contribution in [1.82, 2.24) is 25.1 Å². The van der Waals surface area contributed by atoms with Gasteiger partial charge in [0, 0.05) is 74.3 Å². The number of nitrogens with two attached hydrogens (primary N) is 1. The molecule has 1 atom stereocenters. The summed E-state index contributed by atoms with van der Waals surface area (Å²) >= 11 is 2.72. The molecule has 80 heavy (non-hydrogen) atoms. The number of likely N-dealkylation sites (N-methyl/N-ethyl adjacent to an activating group) is 1. The highest BCUT2D eigenvalue weighted by Gasteiger charge is 2.38. The van der Waals surface area contributed by atoms with Gasteiger partial charge < -0.3 is 64.2 Å². The number of nitrogens with one attached hydrogen (secondary N) is 3. The zero-order valence-electron chi connectivity index (χ0n) is 46.0. The number of amides is 4. The Hall–Kier alpha value is -6.86. The van der Waals surface area contributed by atoms with E-state index in [9.17, 15) is 19.2 Å². The number of hydrazone groups is 1. The van der Waals surface area contributed by atoms with E-state index in [1.54, 1.807) is 47.9 Å². The fourth-order valence-electron chi connectivity index (χ4n) is 8.30. The SMILES string of the molecule is COc1ccc(CNC(=O)C(c2csc(C)n2)N(C(=O)CCc2ccc(OCCCCN(C)CCOCCOCC/C(C=NCCOCCOc3ccc(NC(=O)Nc4nc(CC=O)cs4)cc3)=N/N)cc2)C2CCOCC2)cc1. The van der Waals surface area contributed by atoms with Crippen molar-refractivity contribution in [2.45, 2.75) is 76.9 Å². The fourth-order valence-corrected chi connectivity index (χ4v) is 9.65. The van der Waals surface area contributed by atoms with Crippen molar-refractivity contribution in [3.8, 4) is 17.2 Å². The Balaban J connectivity index is 0.763. The van der Waals surface area contributed by atoms with Crippen molar-refractivity contribution in [1.29, 1.82) is 0 Å². The largest absolute Gasteiger partial charge is 0.497 e. The quantitative estimate of drug-likeness (QED) is 0.0100. The van der Waals surface area contributed by atoms with Gasteiger partial charge in [0.2, 0.25) is 11.8 Å². The Labute approximate surface area is 476 Å². The van der Waals surface area contributed by atoms with Gasteiger partial charge in [-0.3, -0.25) is 19.9 Å². The molecule has 0 aliphatic carbocycles. The molecule has 1 saturated heterocycles. The van der Waals surface area contributed by atoms with Gasteiger partial charge >= 0.3 is 6.03 Å². The number of unbranched alkanes of at least 4 members (excludes halogenated alkanes) is 1. The maximum atomic E-state index is 14.3. The lowest BCUT2D eigenvalue weighted by Crippen LogP contribution is -2.50. The number of hydrogen-bond donors (Lipinski definition) is 4. The molecule has 1 fully saturated rings. The van der Waals surface area contributed by atoms with Crippen molar-refractivity contribution in [3.05, 3.63) is 111 Å². The van der Waals surface area contributed by atoms with E-state index in [2.05, 4.69) is 43.0 Å². The summed E-state index contributed by atoms with van der Waals surface area (Å²) in [6.45, 7) is 9.11. The standard InChI is InChI=1S/C57H76N10O11S2/c1-42-61-52(41-79-42)54(55(70)60-38-44-8-13-49(72-3)14-9-44)67(48-22-30-73-31-23-48)53(69)19-10-43-6-15-50(16-7-43)77-28-5-4-25-66(2)26-33-76-35-34-74-29-21-46(65-58)39-59-24-32-75-36-37-78-51-17-11-45(12-18-51)62-56(71)64-57-63-47(20-27-68)40-80-57/h6-9,11-18,27,39-41,48,54H,4-5,10,19-26,28-38,58H2,1-3H3,(H,60,70)(H2,62,63,64,71)/b59-39?,65-46-. The van der Waals surface area contributed by atoms with Gasteiger partial charge in [0.15, 0.2) is 11.2 Å². The molecule has 21 nitrogen and oxygen atoms in total. The van der Waals surface area contributed by atoms with Gasteiger partial charge in [-0.2, -0.15) is 5.10 Å². The predicted octanol–water partition coefficient (Wildman–Crippen LogP) is 7.30. The minimum absolute atomic E-state index is 0.0925. The van der Waals surface area contributed by atoms with Crippen LogP contribution in [-0.4, -0.2) is 162 Å². The summed E-state index contributed by atoms with van der Waals surface area (Å²) in [7, 11) is 3.69. The summed E-state index contributed by atoms with van der Waals surface area (Å²) in [5.74, 6) is 7.36. The maximum absolute atomic E-state index is 14.3. The van der Waals surface area contributed by atoms with Crippen LogP contribution in [0.1, 0.15) is 72.1 Å². The highest BCUT2D eigenvalue weighted by molar-refractivity contribution is 7.14. The Morgan fingerprint density at radius 3 is 2.19 bits per heavy atom. The number of ether oxygens (including phenoxy) is 7. The topological polar surface area (TPSA) is 252 Å². The molecule has 5 aromatic rings. The van der Waals surface area contributed by atoms with Crippen LogP contribution < -0.4 is 36.0 Å². The minimum atomic E-state index is -0.864. The molecule has 0 saturated carbocycles. The molecule has 4 amide bonds. The summed E-state index contributed by atoms with van der Waals surface area (Å²) in [6, 6.07) is 20.9. The van der Waals surface area contributed by atoms with Gasteiger partial charge in [-0.1, -0.05) is 24.3 Å². The van der Waals surface area contributed by atoms with Gasteiger partial charge in [0.1, 0.15) is 30.1 Å². The normalized spacial score (nSPS) is 13.3. The summed E-state index contributed by atoms with van der Waals surface area (Å²) in [4.78, 5) is 68.5. The van der Waals surface area contributed by atoms with Crippen molar-refractivity contribution in [3.63, 3.8) is 0 Å². The number of nitrogens with zero attached hydrogens (tertiary/aromatic N) is 6. The van der Waals surface area contributed by atoms with Crippen LogP contribution in [0.3, 0.4) is 0 Å². The monoisotopic (exact) mass is 1140 g/mol. The van der Waals surface area contributed by atoms with Gasteiger partial charge in [0.05, 0.1) is 82.0 Å². The van der Waals surface area contributed by atoms with E-state index in [0.717, 1.165) is 59.9 Å². The third-order valence-corrected chi connectivity index (χ3v) is 14.2. The van der Waals surface area contributed by atoms with E-state index >= 15 is 0 Å². The highest BCUT2D eigenvalue weighted by atomic mass is 32.1. The first-order valence-electron chi connectivity index (χ1n) is 26.9. The first-order valence-corrected chi connectivity index (χ1v) is 28.7. The average molecular weight is 1140 g/mol. The third kappa shape index (κ3) is 22.7. The molecule has 5 N–H and O–H groups in total. The van der Waals surface area contributed by atoms with E-state index in [1.807, 2.05) is 60.8 Å². The highest BCUT2D eigenvalue weighted by Crippen LogP contribution is 2.30. The van der Waals surface area contributed by atoms with Gasteiger partial charge in [-0.15, -0.1) is 22.7 Å². The summed E-state index contributed by atoms with van der Waals surface area (Å²) in [5, 5.41) is 17.1. The lowest BCUT2D eigenvalue weighted by atomic mass is 10.00. The van der Waals surface area contributed by atoms with Crippen LogP contribution in [0.4, 0.5) is 15.6 Å². The molecule has 3 heterocycles. The zero-order chi connectivity index (χ0) is 56.6. The molecular weight excluding hydrogens is 1060 g/mol. The number of rotatable bonds is 37. The number of thiazole rings is 2. The molecule has 1 aliphatic heterocycles. The summed E-state index contributed by atoms with van der Waals surface area (Å²) < 4.78 is 39.8. The molecule has 1 unspecified atom stereocenters. The molecule has 1 aliphatic rings. The number of anilines is 2. The Morgan fingerprint density at radius 1 is 0.787 bits per heavy atom. The van der Waals surface area contributed by atoms with Crippen LogP contribution in [0.15, 0.2) is 93.7 Å². The van der Waals surface area contributed by atoms with Crippen LogP contribution >= 0.6 is 22.7 Å². The molecular formula is C57H76N10O11S2. The smallest absolute Gasteiger partial charge is 0.325 e. The molecule has 6 rings (SSSR count). The molecule has 0 spiro atoms. The predicted molar refractivity (Wildman–Crippen MR) is 311 cm³/mol. The number of benzene rings is 3. The number of methoxy groups -OCH3 is 1. The molecule has 3 aromatic carbocycles. The average Bonchev–Trinajstić information content (AvgIpc) is 4.12. The number of carbonyl (C=O) groups excluding carboxylic acids is 4. The number of aryl methyl sites for hydroxylation is 2. The van der Waals surface area contributed by atoms with Crippen LogP contribution in [0.2, 0.25) is 0 Å². The van der Waals surface area contributed by atoms with Crippen molar-refractivity contribution < 1.29 is 52.3 Å². The Morgan fingerprint density at radius 2 is 1.48 bits per heavy atom. The van der Waals surface area contributed by atoms with Crippen molar-refractivity contribution in [2.24, 2.45) is 15.9 Å². The summed E-state index contributed by atoms with van der Waals surface area (Å²) in [6.07, 6.45) is 7.05. The summed E-state index contributed by atoms with van der Waals surface area (Å²) in [5.41, 5.74) is 4.32. The molecule has 23 heteroatoms. The lowest BCUT2D eigenvalue weighted by Gasteiger charge is -2.39. The minimum Gasteiger partial charge on any atom is -0.497 e. The lowest BCUT2D eigenvalue weighted by molar-refractivity contribution is -0.146. The Kier molecular flexibility index (Phi) is 27.8. The first-order chi connectivity index (χ1) is 39.1. The third-order valence-electron chi connectivity index (χ3n) is 12.6. The first kappa shape index (κ1) is 62.3.